The van der Waals surface area contributed by atoms with Crippen LogP contribution in [0.3, 0.4) is 0 Å². The largest absolute Gasteiger partial charge is 0.480 e. The topological polar surface area (TPSA) is 78.4 Å². The first-order valence-electron chi connectivity index (χ1n) is 6.74. The second-order valence-corrected chi connectivity index (χ2v) is 5.24. The summed E-state index contributed by atoms with van der Waals surface area (Å²) in [6.07, 6.45) is 3.25. The minimum absolute atomic E-state index is 0.379. The van der Waals surface area contributed by atoms with Crippen LogP contribution in [0, 0.1) is 11.8 Å². The smallest absolute Gasteiger partial charge is 0.329 e. The van der Waals surface area contributed by atoms with Crippen molar-refractivity contribution in [1.82, 2.24) is 10.6 Å². The third-order valence-corrected chi connectivity index (χ3v) is 3.98. The molecule has 0 aromatic carbocycles. The zero-order chi connectivity index (χ0) is 13.8. The molecule has 0 saturated heterocycles. The maximum atomic E-state index is 11.7. The highest BCUT2D eigenvalue weighted by molar-refractivity contribution is 5.86. The zero-order valence-corrected chi connectivity index (χ0v) is 11.5. The summed E-state index contributed by atoms with van der Waals surface area (Å²) in [7, 11) is 0. The van der Waals surface area contributed by atoms with Crippen LogP contribution in [0.25, 0.3) is 0 Å². The van der Waals surface area contributed by atoms with Gasteiger partial charge in [0.2, 0.25) is 0 Å². The van der Waals surface area contributed by atoms with Crippen LogP contribution < -0.4 is 10.6 Å². The highest BCUT2D eigenvalue weighted by atomic mass is 16.4. The number of carboxylic acids is 1. The van der Waals surface area contributed by atoms with Gasteiger partial charge in [-0.05, 0) is 37.5 Å². The number of hydrogen-bond donors (Lipinski definition) is 3. The molecule has 104 valence electrons. The van der Waals surface area contributed by atoms with E-state index in [4.69, 9.17) is 0 Å². The summed E-state index contributed by atoms with van der Waals surface area (Å²) >= 11 is 0. The molecule has 0 spiro atoms. The molecule has 5 nitrogen and oxygen atoms in total. The van der Waals surface area contributed by atoms with E-state index in [1.165, 1.54) is 12.8 Å². The van der Waals surface area contributed by atoms with Crippen LogP contribution in [0.5, 0.6) is 0 Å². The van der Waals surface area contributed by atoms with Crippen molar-refractivity contribution in [3.05, 3.63) is 0 Å². The Morgan fingerprint density at radius 2 is 1.89 bits per heavy atom. The lowest BCUT2D eigenvalue weighted by molar-refractivity contribution is -0.144. The molecular formula is C13H24N2O3. The van der Waals surface area contributed by atoms with E-state index < -0.39 is 11.5 Å². The Labute approximate surface area is 108 Å². The third-order valence-electron chi connectivity index (χ3n) is 3.98. The van der Waals surface area contributed by atoms with Gasteiger partial charge in [-0.1, -0.05) is 20.8 Å². The summed E-state index contributed by atoms with van der Waals surface area (Å²) in [5.74, 6) is 0.225. The van der Waals surface area contributed by atoms with Crippen LogP contribution >= 0.6 is 0 Å². The lowest BCUT2D eigenvalue weighted by atomic mass is 9.93. The maximum absolute atomic E-state index is 11.7. The quantitative estimate of drug-likeness (QED) is 0.651. The lowest BCUT2D eigenvalue weighted by Crippen LogP contribution is -2.56. The molecule has 1 aliphatic rings. The molecule has 1 aliphatic carbocycles. The van der Waals surface area contributed by atoms with Crippen LogP contribution in [-0.4, -0.2) is 29.2 Å². The number of urea groups is 1. The first-order valence-corrected chi connectivity index (χ1v) is 6.74. The van der Waals surface area contributed by atoms with E-state index in [2.05, 4.69) is 17.6 Å². The van der Waals surface area contributed by atoms with Crippen LogP contribution in [0.1, 0.15) is 46.5 Å². The summed E-state index contributed by atoms with van der Waals surface area (Å²) in [6.45, 7) is 6.26. The van der Waals surface area contributed by atoms with Crippen molar-refractivity contribution in [2.75, 3.05) is 6.54 Å². The average Bonchev–Trinajstić information content (AvgIpc) is 3.16. The molecule has 1 saturated carbocycles. The summed E-state index contributed by atoms with van der Waals surface area (Å²) in [6, 6.07) is -0.381. The standard InChI is InChI=1S/C13H24N2O3/c1-4-13(5-2,11(16)17)15-12(18)14-8-9(3)10-6-7-10/h9-10H,4-8H2,1-3H3,(H,16,17)(H2,14,15,18). The molecule has 1 atom stereocenters. The molecule has 0 heterocycles. The second kappa shape index (κ2) is 6.07. The minimum Gasteiger partial charge on any atom is -0.480 e. The Kier molecular flexibility index (Phi) is 4.99. The number of hydrogen-bond acceptors (Lipinski definition) is 2. The Morgan fingerprint density at radius 1 is 1.33 bits per heavy atom. The van der Waals surface area contributed by atoms with Crippen molar-refractivity contribution in [2.24, 2.45) is 11.8 Å². The van der Waals surface area contributed by atoms with Gasteiger partial charge in [0.05, 0.1) is 0 Å². The molecule has 0 radical (unpaired) electrons. The van der Waals surface area contributed by atoms with Crippen LogP contribution in [-0.2, 0) is 4.79 Å². The Bertz CT molecular complexity index is 309. The van der Waals surface area contributed by atoms with Gasteiger partial charge in [0.15, 0.2) is 0 Å². The van der Waals surface area contributed by atoms with Crippen molar-refractivity contribution in [2.45, 2.75) is 52.0 Å². The van der Waals surface area contributed by atoms with E-state index in [-0.39, 0.29) is 6.03 Å². The van der Waals surface area contributed by atoms with Crippen molar-refractivity contribution < 1.29 is 14.7 Å². The van der Waals surface area contributed by atoms with E-state index in [0.29, 0.717) is 25.3 Å². The van der Waals surface area contributed by atoms with E-state index in [0.717, 1.165) is 5.92 Å². The van der Waals surface area contributed by atoms with E-state index in [1.54, 1.807) is 13.8 Å². The second-order valence-electron chi connectivity index (χ2n) is 5.24. The van der Waals surface area contributed by atoms with Gasteiger partial charge in [0.25, 0.3) is 0 Å². The average molecular weight is 256 g/mol. The summed E-state index contributed by atoms with van der Waals surface area (Å²) in [4.78, 5) is 23.0. The van der Waals surface area contributed by atoms with E-state index >= 15 is 0 Å². The van der Waals surface area contributed by atoms with Gasteiger partial charge in [-0.15, -0.1) is 0 Å². The normalized spacial score (nSPS) is 17.1. The third kappa shape index (κ3) is 3.62. The predicted octanol–water partition coefficient (Wildman–Crippen LogP) is 1.98. The molecular weight excluding hydrogens is 232 g/mol. The molecule has 0 bridgehead atoms. The molecule has 3 N–H and O–H groups in total. The summed E-state index contributed by atoms with van der Waals surface area (Å²) < 4.78 is 0. The molecule has 1 unspecified atom stereocenters. The summed E-state index contributed by atoms with van der Waals surface area (Å²) in [5, 5.41) is 14.6. The Hall–Kier alpha value is -1.26. The molecule has 0 aromatic rings. The van der Waals surface area contributed by atoms with Gasteiger partial charge >= 0.3 is 12.0 Å². The zero-order valence-electron chi connectivity index (χ0n) is 11.5. The van der Waals surface area contributed by atoms with Crippen molar-refractivity contribution in [3.8, 4) is 0 Å². The van der Waals surface area contributed by atoms with E-state index in [1.807, 2.05) is 0 Å². The highest BCUT2D eigenvalue weighted by Gasteiger charge is 2.36. The molecule has 18 heavy (non-hydrogen) atoms. The number of aliphatic carboxylic acids is 1. The van der Waals surface area contributed by atoms with Crippen molar-refractivity contribution in [1.29, 1.82) is 0 Å². The SMILES string of the molecule is CCC(CC)(NC(=O)NCC(C)C1CC1)C(=O)O. The fourth-order valence-electron chi connectivity index (χ4n) is 2.13. The summed E-state index contributed by atoms with van der Waals surface area (Å²) in [5.41, 5.74) is -1.15. The Morgan fingerprint density at radius 3 is 2.28 bits per heavy atom. The number of nitrogens with one attached hydrogen (secondary N) is 2. The first kappa shape index (κ1) is 14.8. The molecule has 5 heteroatoms. The van der Waals surface area contributed by atoms with E-state index in [9.17, 15) is 14.7 Å². The van der Waals surface area contributed by atoms with Gasteiger partial charge in [-0.2, -0.15) is 0 Å². The first-order chi connectivity index (χ1) is 8.45. The fraction of sp³-hybridized carbons (Fsp3) is 0.846. The molecule has 2 amide bonds. The maximum Gasteiger partial charge on any atom is 0.329 e. The van der Waals surface area contributed by atoms with Gasteiger partial charge in [-0.3, -0.25) is 0 Å². The molecule has 0 aromatic heterocycles. The monoisotopic (exact) mass is 256 g/mol. The van der Waals surface area contributed by atoms with Crippen molar-refractivity contribution >= 4 is 12.0 Å². The number of carbonyl (C=O) groups excluding carboxylic acids is 1. The van der Waals surface area contributed by atoms with Gasteiger partial charge in [0.1, 0.15) is 5.54 Å². The van der Waals surface area contributed by atoms with Gasteiger partial charge in [-0.25, -0.2) is 9.59 Å². The molecule has 1 fully saturated rings. The van der Waals surface area contributed by atoms with Gasteiger partial charge in [0, 0.05) is 6.54 Å². The van der Waals surface area contributed by atoms with Crippen LogP contribution in [0.15, 0.2) is 0 Å². The number of carboxylic acid groups (broad SMARTS) is 1. The predicted molar refractivity (Wildman–Crippen MR) is 69.4 cm³/mol. The Balaban J connectivity index is 2.43. The van der Waals surface area contributed by atoms with Crippen LogP contribution in [0.4, 0.5) is 4.79 Å². The number of amides is 2. The fourth-order valence-corrected chi connectivity index (χ4v) is 2.13. The lowest BCUT2D eigenvalue weighted by Gasteiger charge is -2.28. The molecule has 0 aliphatic heterocycles. The molecule has 1 rings (SSSR count). The van der Waals surface area contributed by atoms with Crippen molar-refractivity contribution in [3.63, 3.8) is 0 Å². The van der Waals surface area contributed by atoms with Gasteiger partial charge < -0.3 is 15.7 Å². The minimum atomic E-state index is -1.15. The van der Waals surface area contributed by atoms with Crippen LogP contribution in [0.2, 0.25) is 0 Å². The number of carbonyl (C=O) groups is 2. The highest BCUT2D eigenvalue weighted by Crippen LogP contribution is 2.36. The number of rotatable bonds is 7.